The minimum atomic E-state index is -0.523. The average Bonchev–Trinajstić information content (AvgIpc) is 2.07. The Morgan fingerprint density at radius 1 is 1.55 bits per heavy atom. The van der Waals surface area contributed by atoms with Crippen LogP contribution in [0, 0.1) is 5.92 Å². The molecule has 0 amide bonds. The highest BCUT2D eigenvalue weighted by Crippen LogP contribution is 2.35. The fourth-order valence-corrected chi connectivity index (χ4v) is 1.82. The Kier molecular flexibility index (Phi) is 2.55. The molecule has 2 heteroatoms. The quantitative estimate of drug-likeness (QED) is 0.665. The monoisotopic (exact) mass is 158 g/mol. The highest BCUT2D eigenvalue weighted by Gasteiger charge is 2.38. The second-order valence-electron chi connectivity index (χ2n) is 4.02. The highest BCUT2D eigenvalue weighted by molar-refractivity contribution is 4.82. The Morgan fingerprint density at radius 2 is 2.18 bits per heavy atom. The van der Waals surface area contributed by atoms with Crippen molar-refractivity contribution in [3.05, 3.63) is 0 Å². The highest BCUT2D eigenvalue weighted by atomic mass is 16.6. The van der Waals surface area contributed by atoms with Crippen molar-refractivity contribution in [1.29, 1.82) is 0 Å². The first-order valence-corrected chi connectivity index (χ1v) is 4.41. The van der Waals surface area contributed by atoms with Crippen molar-refractivity contribution in [1.82, 2.24) is 0 Å². The molecule has 0 radical (unpaired) electrons. The van der Waals surface area contributed by atoms with Gasteiger partial charge in [0.25, 0.3) is 0 Å². The molecule has 2 nitrogen and oxygen atoms in total. The maximum atomic E-state index is 9.43. The minimum Gasteiger partial charge on any atom is -0.368 e. The third-order valence-electron chi connectivity index (χ3n) is 2.26. The third kappa shape index (κ3) is 2.17. The van der Waals surface area contributed by atoms with E-state index in [2.05, 4.69) is 6.92 Å². The summed E-state index contributed by atoms with van der Waals surface area (Å²) in [6.45, 7) is 6.20. The summed E-state index contributed by atoms with van der Waals surface area (Å²) in [6.07, 6.45) is 2.67. The predicted molar refractivity (Wildman–Crippen MR) is 44.2 cm³/mol. The lowest BCUT2D eigenvalue weighted by atomic mass is 9.94. The lowest BCUT2D eigenvalue weighted by Crippen LogP contribution is -2.19. The molecule has 0 aliphatic carbocycles. The Morgan fingerprint density at radius 3 is 2.55 bits per heavy atom. The zero-order valence-corrected chi connectivity index (χ0v) is 7.63. The van der Waals surface area contributed by atoms with Crippen LogP contribution in [0.4, 0.5) is 0 Å². The van der Waals surface area contributed by atoms with Crippen LogP contribution in [-0.4, -0.2) is 17.0 Å². The van der Waals surface area contributed by atoms with E-state index in [1.54, 1.807) is 0 Å². The second-order valence-corrected chi connectivity index (χ2v) is 4.02. The van der Waals surface area contributed by atoms with Crippen LogP contribution in [0.25, 0.3) is 0 Å². The normalized spacial score (nSPS) is 36.0. The van der Waals surface area contributed by atoms with E-state index in [0.717, 1.165) is 19.3 Å². The molecule has 11 heavy (non-hydrogen) atoms. The zero-order chi connectivity index (χ0) is 8.48. The summed E-state index contributed by atoms with van der Waals surface area (Å²) >= 11 is 0. The Labute approximate surface area is 68.6 Å². The van der Waals surface area contributed by atoms with Gasteiger partial charge < -0.3 is 9.84 Å². The molecule has 0 aromatic rings. The molecule has 66 valence electrons. The van der Waals surface area contributed by atoms with Gasteiger partial charge in [-0.25, -0.2) is 0 Å². The summed E-state index contributed by atoms with van der Waals surface area (Å²) in [5.74, 6) is 0.356. The molecule has 1 saturated heterocycles. The fraction of sp³-hybridized carbons (Fsp3) is 1.00. The van der Waals surface area contributed by atoms with Gasteiger partial charge >= 0.3 is 0 Å². The Balaban J connectivity index is 2.45. The zero-order valence-electron chi connectivity index (χ0n) is 7.63. The van der Waals surface area contributed by atoms with Gasteiger partial charge in [-0.05, 0) is 26.7 Å². The van der Waals surface area contributed by atoms with Gasteiger partial charge in [-0.15, -0.1) is 0 Å². The summed E-state index contributed by atoms with van der Waals surface area (Å²) in [5.41, 5.74) is -0.112. The van der Waals surface area contributed by atoms with E-state index >= 15 is 0 Å². The first-order valence-electron chi connectivity index (χ1n) is 4.41. The number of ether oxygens (including phenoxy) is 1. The lowest BCUT2D eigenvalue weighted by molar-refractivity contribution is -0.136. The molecule has 0 bridgehead atoms. The van der Waals surface area contributed by atoms with Crippen LogP contribution in [0.2, 0.25) is 0 Å². The second kappa shape index (κ2) is 3.11. The van der Waals surface area contributed by atoms with Crippen molar-refractivity contribution in [3.63, 3.8) is 0 Å². The van der Waals surface area contributed by atoms with Crippen LogP contribution in [-0.2, 0) is 4.74 Å². The number of hydrogen-bond acceptors (Lipinski definition) is 2. The SMILES string of the molecule is CCCC1CC(C)(C)OC1O. The summed E-state index contributed by atoms with van der Waals surface area (Å²) in [7, 11) is 0. The molecule has 2 atom stereocenters. The van der Waals surface area contributed by atoms with Gasteiger partial charge in [0.2, 0.25) is 0 Å². The number of aliphatic hydroxyl groups is 1. The maximum Gasteiger partial charge on any atom is 0.158 e. The molecule has 1 N–H and O–H groups in total. The van der Waals surface area contributed by atoms with Gasteiger partial charge in [0, 0.05) is 5.92 Å². The van der Waals surface area contributed by atoms with Crippen LogP contribution >= 0.6 is 0 Å². The van der Waals surface area contributed by atoms with E-state index in [9.17, 15) is 5.11 Å². The number of aliphatic hydroxyl groups excluding tert-OH is 1. The maximum absolute atomic E-state index is 9.43. The van der Waals surface area contributed by atoms with Gasteiger partial charge in [0.1, 0.15) is 0 Å². The van der Waals surface area contributed by atoms with Crippen molar-refractivity contribution < 1.29 is 9.84 Å². The minimum absolute atomic E-state index is 0.112. The molecule has 1 heterocycles. The van der Waals surface area contributed by atoms with E-state index in [0.29, 0.717) is 5.92 Å². The third-order valence-corrected chi connectivity index (χ3v) is 2.26. The first kappa shape index (κ1) is 9.01. The molecular formula is C9H18O2. The van der Waals surface area contributed by atoms with Crippen LogP contribution in [0.3, 0.4) is 0 Å². The molecule has 0 saturated carbocycles. The van der Waals surface area contributed by atoms with Gasteiger partial charge in [0.15, 0.2) is 6.29 Å². The van der Waals surface area contributed by atoms with Crippen molar-refractivity contribution in [2.24, 2.45) is 5.92 Å². The van der Waals surface area contributed by atoms with E-state index in [1.165, 1.54) is 0 Å². The van der Waals surface area contributed by atoms with E-state index in [1.807, 2.05) is 13.8 Å². The molecule has 1 fully saturated rings. The van der Waals surface area contributed by atoms with E-state index in [-0.39, 0.29) is 5.60 Å². The standard InChI is InChI=1S/C9H18O2/c1-4-5-7-6-9(2,3)11-8(7)10/h7-8,10H,4-6H2,1-3H3. The van der Waals surface area contributed by atoms with Gasteiger partial charge in [-0.2, -0.15) is 0 Å². The van der Waals surface area contributed by atoms with Crippen molar-refractivity contribution >= 4 is 0 Å². The van der Waals surface area contributed by atoms with Crippen molar-refractivity contribution in [2.45, 2.75) is 51.9 Å². The van der Waals surface area contributed by atoms with Gasteiger partial charge in [-0.1, -0.05) is 13.3 Å². The summed E-state index contributed by atoms with van der Waals surface area (Å²) in [4.78, 5) is 0. The number of rotatable bonds is 2. The molecular weight excluding hydrogens is 140 g/mol. The summed E-state index contributed by atoms with van der Waals surface area (Å²) < 4.78 is 5.37. The van der Waals surface area contributed by atoms with Crippen LogP contribution in [0.1, 0.15) is 40.0 Å². The molecule has 0 aromatic carbocycles. The van der Waals surface area contributed by atoms with Gasteiger partial charge in [-0.3, -0.25) is 0 Å². The largest absolute Gasteiger partial charge is 0.368 e. The smallest absolute Gasteiger partial charge is 0.158 e. The van der Waals surface area contributed by atoms with Crippen LogP contribution < -0.4 is 0 Å². The summed E-state index contributed by atoms with van der Waals surface area (Å²) in [6, 6.07) is 0. The van der Waals surface area contributed by atoms with Crippen LogP contribution in [0.5, 0.6) is 0 Å². The van der Waals surface area contributed by atoms with E-state index in [4.69, 9.17) is 4.74 Å². The van der Waals surface area contributed by atoms with E-state index < -0.39 is 6.29 Å². The molecule has 0 spiro atoms. The fourth-order valence-electron chi connectivity index (χ4n) is 1.82. The molecule has 2 unspecified atom stereocenters. The first-order chi connectivity index (χ1) is 5.05. The topological polar surface area (TPSA) is 29.5 Å². The van der Waals surface area contributed by atoms with Crippen molar-refractivity contribution in [2.75, 3.05) is 0 Å². The average molecular weight is 158 g/mol. The van der Waals surface area contributed by atoms with Crippen molar-refractivity contribution in [3.8, 4) is 0 Å². The lowest BCUT2D eigenvalue weighted by Gasteiger charge is -2.15. The summed E-state index contributed by atoms with van der Waals surface area (Å²) in [5, 5.41) is 9.43. The Hall–Kier alpha value is -0.0800. The predicted octanol–water partition coefficient (Wildman–Crippen LogP) is 1.92. The van der Waals surface area contributed by atoms with Crippen LogP contribution in [0.15, 0.2) is 0 Å². The molecule has 1 aliphatic rings. The van der Waals surface area contributed by atoms with Gasteiger partial charge in [0.05, 0.1) is 5.60 Å². The molecule has 1 rings (SSSR count). The molecule has 0 aromatic heterocycles. The Bertz CT molecular complexity index is 132. The number of hydrogen-bond donors (Lipinski definition) is 1. The molecule has 1 aliphatic heterocycles.